The van der Waals surface area contributed by atoms with Gasteiger partial charge in [-0.1, -0.05) is 36.4 Å². The second-order valence-corrected chi connectivity index (χ2v) is 9.57. The smallest absolute Gasteiger partial charge is 0.304 e. The molecule has 0 radical (unpaired) electrons. The van der Waals surface area contributed by atoms with E-state index in [0.717, 1.165) is 24.1 Å². The minimum absolute atomic E-state index is 0.161. The van der Waals surface area contributed by atoms with Crippen LogP contribution in [0.3, 0.4) is 0 Å². The first-order valence-corrected chi connectivity index (χ1v) is 11.4. The molecule has 1 atom stereocenters. The Morgan fingerprint density at radius 2 is 1.68 bits per heavy atom. The Hall–Kier alpha value is -2.18. The number of carboxylic acid groups (broad SMARTS) is 1. The summed E-state index contributed by atoms with van der Waals surface area (Å²) in [7, 11) is -3.57. The quantitative estimate of drug-likeness (QED) is 0.731. The molecule has 2 aromatic carbocycles. The summed E-state index contributed by atoms with van der Waals surface area (Å²) in [5.41, 5.74) is 3.28. The molecular formula is C22H27NO4S. The van der Waals surface area contributed by atoms with Crippen LogP contribution < -0.4 is 0 Å². The van der Waals surface area contributed by atoms with Gasteiger partial charge in [-0.2, -0.15) is 0 Å². The highest BCUT2D eigenvalue weighted by Gasteiger charge is 2.19. The van der Waals surface area contributed by atoms with E-state index in [4.69, 9.17) is 5.11 Å². The largest absolute Gasteiger partial charge is 0.481 e. The van der Waals surface area contributed by atoms with E-state index in [1.54, 1.807) is 24.3 Å². The number of hydrogen-bond acceptors (Lipinski definition) is 4. The summed E-state index contributed by atoms with van der Waals surface area (Å²) in [5.74, 6) is -1.49. The number of nitrogens with zero attached hydrogens (tertiary/aromatic N) is 1. The van der Waals surface area contributed by atoms with Crippen molar-refractivity contribution in [3.05, 3.63) is 54.1 Å². The standard InChI is InChI=1S/C22H27NO4S/c1-17-3-2-14-23(17)15-12-18-4-6-19(7-5-18)20-8-10-21(11-9-20)28(26,27)16-13-22(24)25/h4-11,17H,2-3,12-16H2,1H3,(H,24,25)/t17-/m1/s1. The average molecular weight is 402 g/mol. The SMILES string of the molecule is C[C@@H]1CCCN1CCc1ccc(-c2ccc(S(=O)(=O)CCC(=O)O)cc2)cc1. The molecule has 1 aliphatic rings. The van der Waals surface area contributed by atoms with E-state index in [1.165, 1.54) is 24.9 Å². The molecule has 1 fully saturated rings. The second kappa shape index (κ2) is 8.88. The molecular weight excluding hydrogens is 374 g/mol. The third-order valence-electron chi connectivity index (χ3n) is 5.46. The molecule has 28 heavy (non-hydrogen) atoms. The van der Waals surface area contributed by atoms with Gasteiger partial charge in [0.1, 0.15) is 0 Å². The molecule has 2 aromatic rings. The van der Waals surface area contributed by atoms with Crippen molar-refractivity contribution < 1.29 is 18.3 Å². The van der Waals surface area contributed by atoms with Gasteiger partial charge in [0.2, 0.25) is 0 Å². The van der Waals surface area contributed by atoms with Crippen molar-refractivity contribution in [2.75, 3.05) is 18.8 Å². The van der Waals surface area contributed by atoms with Crippen molar-refractivity contribution in [1.29, 1.82) is 0 Å². The number of carbonyl (C=O) groups is 1. The summed E-state index contributed by atoms with van der Waals surface area (Å²) in [6, 6.07) is 15.7. The predicted molar refractivity (Wildman–Crippen MR) is 110 cm³/mol. The van der Waals surface area contributed by atoms with Gasteiger partial charge in [-0.25, -0.2) is 8.42 Å². The third-order valence-corrected chi connectivity index (χ3v) is 7.20. The Labute approximate surface area is 166 Å². The summed E-state index contributed by atoms with van der Waals surface area (Å²) < 4.78 is 24.3. The van der Waals surface area contributed by atoms with Gasteiger partial charge in [-0.05, 0) is 61.6 Å². The minimum Gasteiger partial charge on any atom is -0.481 e. The highest BCUT2D eigenvalue weighted by molar-refractivity contribution is 7.91. The Morgan fingerprint density at radius 3 is 2.21 bits per heavy atom. The maximum atomic E-state index is 12.2. The van der Waals surface area contributed by atoms with Crippen LogP contribution in [0.15, 0.2) is 53.4 Å². The summed E-state index contributed by atoms with van der Waals surface area (Å²) >= 11 is 0. The van der Waals surface area contributed by atoms with Crippen LogP contribution in [0.4, 0.5) is 0 Å². The molecule has 1 aliphatic heterocycles. The van der Waals surface area contributed by atoms with Crippen molar-refractivity contribution in [2.45, 2.75) is 43.5 Å². The summed E-state index contributed by atoms with van der Waals surface area (Å²) in [6.45, 7) is 4.58. The number of hydrogen-bond donors (Lipinski definition) is 1. The van der Waals surface area contributed by atoms with Gasteiger partial charge in [0.25, 0.3) is 0 Å². The predicted octanol–water partition coefficient (Wildman–Crippen LogP) is 3.63. The van der Waals surface area contributed by atoms with Crippen LogP contribution in [0, 0.1) is 0 Å². The van der Waals surface area contributed by atoms with Crippen LogP contribution in [0.2, 0.25) is 0 Å². The zero-order valence-corrected chi connectivity index (χ0v) is 17.0. The van der Waals surface area contributed by atoms with Gasteiger partial charge < -0.3 is 10.0 Å². The van der Waals surface area contributed by atoms with E-state index in [0.29, 0.717) is 6.04 Å². The van der Waals surface area contributed by atoms with Crippen molar-refractivity contribution in [1.82, 2.24) is 4.90 Å². The van der Waals surface area contributed by atoms with E-state index in [2.05, 4.69) is 36.1 Å². The molecule has 3 rings (SSSR count). The van der Waals surface area contributed by atoms with Crippen LogP contribution in [-0.4, -0.2) is 49.3 Å². The van der Waals surface area contributed by atoms with Gasteiger partial charge in [-0.15, -0.1) is 0 Å². The molecule has 1 saturated heterocycles. The van der Waals surface area contributed by atoms with E-state index in [1.807, 2.05) is 0 Å². The minimum atomic E-state index is -3.57. The van der Waals surface area contributed by atoms with Crippen LogP contribution in [0.1, 0.15) is 31.7 Å². The lowest BCUT2D eigenvalue weighted by Gasteiger charge is -2.20. The zero-order valence-electron chi connectivity index (χ0n) is 16.2. The summed E-state index contributed by atoms with van der Waals surface area (Å²) in [5, 5.41) is 8.68. The fourth-order valence-corrected chi connectivity index (χ4v) is 4.89. The number of aliphatic carboxylic acids is 1. The Morgan fingerprint density at radius 1 is 1.07 bits per heavy atom. The zero-order chi connectivity index (χ0) is 20.1. The molecule has 0 spiro atoms. The highest BCUT2D eigenvalue weighted by atomic mass is 32.2. The van der Waals surface area contributed by atoms with Crippen LogP contribution in [-0.2, 0) is 21.1 Å². The van der Waals surface area contributed by atoms with Crippen LogP contribution in [0.25, 0.3) is 11.1 Å². The lowest BCUT2D eigenvalue weighted by atomic mass is 10.0. The average Bonchev–Trinajstić information content (AvgIpc) is 3.10. The van der Waals surface area contributed by atoms with Crippen molar-refractivity contribution in [3.8, 4) is 11.1 Å². The third kappa shape index (κ3) is 5.20. The first-order chi connectivity index (χ1) is 13.3. The molecule has 0 saturated carbocycles. The second-order valence-electron chi connectivity index (χ2n) is 7.46. The Kier molecular flexibility index (Phi) is 6.52. The maximum absolute atomic E-state index is 12.2. The number of likely N-dealkylation sites (tertiary alicyclic amines) is 1. The van der Waals surface area contributed by atoms with Crippen molar-refractivity contribution in [2.24, 2.45) is 0 Å². The Bertz CT molecular complexity index is 905. The Balaban J connectivity index is 1.63. The van der Waals surface area contributed by atoms with E-state index >= 15 is 0 Å². The van der Waals surface area contributed by atoms with Crippen LogP contribution >= 0.6 is 0 Å². The topological polar surface area (TPSA) is 74.7 Å². The van der Waals surface area contributed by atoms with E-state index < -0.39 is 15.8 Å². The van der Waals surface area contributed by atoms with Crippen molar-refractivity contribution in [3.63, 3.8) is 0 Å². The number of sulfone groups is 1. The monoisotopic (exact) mass is 401 g/mol. The lowest BCUT2D eigenvalue weighted by Crippen LogP contribution is -2.28. The van der Waals surface area contributed by atoms with Crippen molar-refractivity contribution >= 4 is 15.8 Å². The normalized spacial score (nSPS) is 17.7. The number of carboxylic acids is 1. The molecule has 0 unspecified atom stereocenters. The first-order valence-electron chi connectivity index (χ1n) is 9.73. The summed E-state index contributed by atoms with van der Waals surface area (Å²) in [6.07, 6.45) is 3.23. The first kappa shape index (κ1) is 20.6. The number of benzene rings is 2. The van der Waals surface area contributed by atoms with Gasteiger partial charge in [0, 0.05) is 12.6 Å². The van der Waals surface area contributed by atoms with Gasteiger partial charge in [0.15, 0.2) is 9.84 Å². The molecule has 5 nitrogen and oxygen atoms in total. The fraction of sp³-hybridized carbons (Fsp3) is 0.409. The van der Waals surface area contributed by atoms with Gasteiger partial charge >= 0.3 is 5.97 Å². The van der Waals surface area contributed by atoms with Crippen LogP contribution in [0.5, 0.6) is 0 Å². The summed E-state index contributed by atoms with van der Waals surface area (Å²) in [4.78, 5) is 13.3. The molecule has 0 aromatic heterocycles. The molecule has 6 heteroatoms. The van der Waals surface area contributed by atoms with E-state index in [9.17, 15) is 13.2 Å². The van der Waals surface area contributed by atoms with Gasteiger partial charge in [-0.3, -0.25) is 4.79 Å². The molecule has 0 aliphatic carbocycles. The molecule has 0 bridgehead atoms. The van der Waals surface area contributed by atoms with E-state index in [-0.39, 0.29) is 17.1 Å². The highest BCUT2D eigenvalue weighted by Crippen LogP contribution is 2.23. The van der Waals surface area contributed by atoms with Gasteiger partial charge in [0.05, 0.1) is 17.1 Å². The fourth-order valence-electron chi connectivity index (χ4n) is 3.66. The molecule has 1 N–H and O–H groups in total. The number of rotatable bonds is 8. The molecule has 150 valence electrons. The molecule has 0 amide bonds. The molecule has 1 heterocycles. The maximum Gasteiger partial charge on any atom is 0.304 e. The lowest BCUT2D eigenvalue weighted by molar-refractivity contribution is -0.136.